The van der Waals surface area contributed by atoms with Gasteiger partial charge >= 0.3 is 5.97 Å². The Labute approximate surface area is 153 Å². The number of non-ortho nitro benzene ring substituents is 1. The number of nitrogens with one attached hydrogen (secondary N) is 1. The Bertz CT molecular complexity index is 623. The molecule has 1 aromatic rings. The van der Waals surface area contributed by atoms with Gasteiger partial charge in [0.1, 0.15) is 18.8 Å². The highest BCUT2D eigenvalue weighted by atomic mass is 35.5. The van der Waals surface area contributed by atoms with E-state index in [2.05, 4.69) is 5.32 Å². The van der Waals surface area contributed by atoms with Crippen molar-refractivity contribution in [2.24, 2.45) is 5.73 Å². The van der Waals surface area contributed by atoms with Crippen molar-refractivity contribution < 1.29 is 24.4 Å². The van der Waals surface area contributed by atoms with E-state index in [9.17, 15) is 24.8 Å². The van der Waals surface area contributed by atoms with Crippen LogP contribution in [0.4, 0.5) is 5.69 Å². The second-order valence-electron chi connectivity index (χ2n) is 5.13. The fraction of sp³-hybridized carbons (Fsp3) is 0.429. The third-order valence-electron chi connectivity index (χ3n) is 3.13. The number of esters is 1. The number of nitrogens with two attached hydrogens (primary N) is 1. The molecule has 0 spiro atoms. The molecule has 25 heavy (non-hydrogen) atoms. The summed E-state index contributed by atoms with van der Waals surface area (Å²) in [5.41, 5.74) is 5.47. The Morgan fingerprint density at radius 2 is 1.92 bits per heavy atom. The van der Waals surface area contributed by atoms with Crippen LogP contribution in [-0.4, -0.2) is 45.4 Å². The minimum Gasteiger partial charge on any atom is -0.462 e. The number of nitrogens with zero attached hydrogens (tertiary/aromatic N) is 1. The molecule has 0 bridgehead atoms. The minimum atomic E-state index is -1.39. The Kier molecular flexibility index (Phi) is 8.04. The number of carbonyl (C=O) groups excluding carboxylic acids is 2. The smallest absolute Gasteiger partial charge is 0.322 e. The van der Waals surface area contributed by atoms with Crippen LogP contribution < -0.4 is 11.1 Å². The number of hydrogen-bond acceptors (Lipinski definition) is 7. The highest BCUT2D eigenvalue weighted by Crippen LogP contribution is 2.21. The topological polar surface area (TPSA) is 145 Å². The lowest BCUT2D eigenvalue weighted by Crippen LogP contribution is -2.45. The first-order valence-electron chi connectivity index (χ1n) is 7.06. The number of rotatable bonds is 8. The number of hydrogen-bond donors (Lipinski definition) is 3. The van der Waals surface area contributed by atoms with E-state index in [1.54, 1.807) is 0 Å². The van der Waals surface area contributed by atoms with Crippen molar-refractivity contribution in [3.63, 3.8) is 0 Å². The van der Waals surface area contributed by atoms with Gasteiger partial charge in [-0.3, -0.25) is 19.7 Å². The number of nitro groups is 1. The van der Waals surface area contributed by atoms with E-state index in [0.717, 1.165) is 0 Å². The average molecular weight is 394 g/mol. The first-order valence-corrected chi connectivity index (χ1v) is 7.94. The predicted octanol–water partition coefficient (Wildman–Crippen LogP) is 0.807. The van der Waals surface area contributed by atoms with Crippen LogP contribution in [0.3, 0.4) is 0 Å². The van der Waals surface area contributed by atoms with Crippen LogP contribution in [0.25, 0.3) is 0 Å². The van der Waals surface area contributed by atoms with Crippen molar-refractivity contribution in [3.05, 3.63) is 39.9 Å². The summed E-state index contributed by atoms with van der Waals surface area (Å²) in [6.07, 6.45) is -1.34. The molecule has 4 N–H and O–H groups in total. The second kappa shape index (κ2) is 9.52. The highest BCUT2D eigenvalue weighted by Gasteiger charge is 2.27. The fourth-order valence-corrected chi connectivity index (χ4v) is 1.91. The van der Waals surface area contributed by atoms with Crippen LogP contribution in [-0.2, 0) is 14.3 Å². The quantitative estimate of drug-likeness (QED) is 0.256. The maximum absolute atomic E-state index is 11.7. The molecule has 0 aromatic heterocycles. The molecule has 1 amide bonds. The van der Waals surface area contributed by atoms with Crippen LogP contribution >= 0.6 is 23.2 Å². The largest absolute Gasteiger partial charge is 0.462 e. The first kappa shape index (κ1) is 21.1. The van der Waals surface area contributed by atoms with Gasteiger partial charge in [0.05, 0.1) is 11.0 Å². The van der Waals surface area contributed by atoms with E-state index in [0.29, 0.717) is 0 Å². The first-order chi connectivity index (χ1) is 11.6. The zero-order valence-electron chi connectivity index (χ0n) is 13.1. The summed E-state index contributed by atoms with van der Waals surface area (Å²) in [6, 6.07) is 3.04. The summed E-state index contributed by atoms with van der Waals surface area (Å²) in [5, 5.41) is 23.4. The molecular weight excluding hydrogens is 377 g/mol. The van der Waals surface area contributed by atoms with E-state index in [1.165, 1.54) is 31.2 Å². The third kappa shape index (κ3) is 6.46. The van der Waals surface area contributed by atoms with Crippen LogP contribution in [0.15, 0.2) is 24.3 Å². The van der Waals surface area contributed by atoms with Crippen LogP contribution in [0, 0.1) is 10.1 Å². The molecule has 0 aliphatic rings. The number of nitro benzene ring substituents is 1. The van der Waals surface area contributed by atoms with Crippen molar-refractivity contribution in [3.8, 4) is 0 Å². The average Bonchev–Trinajstić information content (AvgIpc) is 2.57. The number of aliphatic hydroxyl groups is 1. The maximum Gasteiger partial charge on any atom is 0.322 e. The maximum atomic E-state index is 11.7. The van der Waals surface area contributed by atoms with Gasteiger partial charge in [0, 0.05) is 12.1 Å². The second-order valence-corrected chi connectivity index (χ2v) is 6.22. The van der Waals surface area contributed by atoms with Crippen molar-refractivity contribution in [2.45, 2.75) is 29.9 Å². The van der Waals surface area contributed by atoms with Gasteiger partial charge in [0.25, 0.3) is 11.6 Å². The zero-order chi connectivity index (χ0) is 19.1. The number of halogens is 2. The molecule has 0 saturated heterocycles. The molecule has 0 fully saturated rings. The van der Waals surface area contributed by atoms with E-state index in [4.69, 9.17) is 33.7 Å². The van der Waals surface area contributed by atoms with E-state index in [-0.39, 0.29) is 11.3 Å². The molecule has 3 atom stereocenters. The molecule has 0 aliphatic heterocycles. The molecule has 0 unspecified atom stereocenters. The van der Waals surface area contributed by atoms with E-state index in [1.807, 2.05) is 0 Å². The molecule has 0 radical (unpaired) electrons. The number of amides is 1. The van der Waals surface area contributed by atoms with Gasteiger partial charge in [-0.2, -0.15) is 0 Å². The normalized spacial score (nSPS) is 14.5. The molecule has 0 saturated carbocycles. The summed E-state index contributed by atoms with van der Waals surface area (Å²) in [4.78, 5) is 31.8. The lowest BCUT2D eigenvalue weighted by molar-refractivity contribution is -0.384. The Morgan fingerprint density at radius 1 is 1.36 bits per heavy atom. The summed E-state index contributed by atoms with van der Waals surface area (Å²) < 4.78 is 4.92. The SMILES string of the molecule is C[C@H](N)C(=O)OC[C@@H](NC(=O)C(Cl)Cl)[C@H](O)c1ccc([N+](=O)[O-])cc1. The van der Waals surface area contributed by atoms with Crippen LogP contribution in [0.1, 0.15) is 18.6 Å². The standard InChI is InChI=1S/C14H17Cl2N3O6/c1-7(17)14(22)25-6-10(18-13(21)12(15)16)11(20)8-2-4-9(5-3-8)19(23)24/h2-5,7,10-12,20H,6,17H2,1H3,(H,18,21)/t7-,10+,11+/m0/s1. The number of alkyl halides is 2. The third-order valence-corrected chi connectivity index (χ3v) is 3.53. The van der Waals surface area contributed by atoms with Gasteiger partial charge in [0.2, 0.25) is 0 Å². The summed E-state index contributed by atoms with van der Waals surface area (Å²) >= 11 is 10.9. The predicted molar refractivity (Wildman–Crippen MR) is 90.1 cm³/mol. The highest BCUT2D eigenvalue weighted by molar-refractivity contribution is 6.53. The molecule has 1 rings (SSSR count). The lowest BCUT2D eigenvalue weighted by Gasteiger charge is -2.25. The van der Waals surface area contributed by atoms with Crippen molar-refractivity contribution >= 4 is 40.8 Å². The molecule has 138 valence electrons. The van der Waals surface area contributed by atoms with Gasteiger partial charge in [-0.25, -0.2) is 0 Å². The van der Waals surface area contributed by atoms with E-state index < -0.39 is 46.4 Å². The van der Waals surface area contributed by atoms with E-state index >= 15 is 0 Å². The molecule has 11 heteroatoms. The van der Waals surface area contributed by atoms with Crippen LogP contribution in [0.5, 0.6) is 0 Å². The Balaban J connectivity index is 2.93. The van der Waals surface area contributed by atoms with Gasteiger partial charge in [-0.15, -0.1) is 0 Å². The lowest BCUT2D eigenvalue weighted by atomic mass is 10.0. The molecule has 1 aromatic carbocycles. The van der Waals surface area contributed by atoms with Crippen LogP contribution in [0.2, 0.25) is 0 Å². The summed E-state index contributed by atoms with van der Waals surface area (Å²) in [6.45, 7) is 1.01. The van der Waals surface area contributed by atoms with Gasteiger partial charge in [-0.1, -0.05) is 23.2 Å². The molecule has 0 aliphatic carbocycles. The number of benzene rings is 1. The minimum absolute atomic E-state index is 0.165. The van der Waals surface area contributed by atoms with Gasteiger partial charge < -0.3 is 20.9 Å². The number of aliphatic hydroxyl groups excluding tert-OH is 1. The number of carbonyl (C=O) groups is 2. The monoisotopic (exact) mass is 393 g/mol. The molecule has 9 nitrogen and oxygen atoms in total. The Morgan fingerprint density at radius 3 is 2.36 bits per heavy atom. The van der Waals surface area contributed by atoms with Crippen molar-refractivity contribution in [2.75, 3.05) is 6.61 Å². The molecular formula is C14H17Cl2N3O6. The zero-order valence-corrected chi connectivity index (χ0v) is 14.6. The summed E-state index contributed by atoms with van der Waals surface area (Å²) in [7, 11) is 0. The molecule has 0 heterocycles. The Hall–Kier alpha value is -1.94. The van der Waals surface area contributed by atoms with Gasteiger partial charge in [-0.05, 0) is 24.6 Å². The van der Waals surface area contributed by atoms with Gasteiger partial charge in [0.15, 0.2) is 4.84 Å². The summed E-state index contributed by atoms with van der Waals surface area (Å²) in [5.74, 6) is -1.53. The fourth-order valence-electron chi connectivity index (χ4n) is 1.79. The van der Waals surface area contributed by atoms with Crippen molar-refractivity contribution in [1.82, 2.24) is 5.32 Å². The van der Waals surface area contributed by atoms with Crippen molar-refractivity contribution in [1.29, 1.82) is 0 Å². The number of ether oxygens (including phenoxy) is 1.